The average Bonchev–Trinajstić information content (AvgIpc) is 3.86. The van der Waals surface area contributed by atoms with Crippen LogP contribution in [-0.4, -0.2) is 58.6 Å². The van der Waals surface area contributed by atoms with Crippen LogP contribution < -0.4 is 22.1 Å². The smallest absolute Gasteiger partial charge is 0.247 e. The first-order valence-electron chi connectivity index (χ1n) is 16.8. The monoisotopic (exact) mass is 668 g/mol. The standard InChI is InChI=1S/C40H40N6O4/c41-35(29-9-3-1-4-10-29)39(49)45-25-7-13-33(45)37(47)43-31-21-17-27(18-22-31)15-16-28-19-23-32(24-20-28)44-38(48)34-14-8-26-46(34)40(50)36(42)30-11-5-2-6-12-30/h1-6,9-12,17-24,33-36H,7-8,13-14,25-26,41-42H2,(H,43,47)(H,44,48)/t33-,34-,35-,36-/m0/s1. The second kappa shape index (κ2) is 15.6. The molecule has 4 atom stereocenters. The molecule has 2 aliphatic rings. The molecule has 254 valence electrons. The number of nitrogens with zero attached hydrogens (tertiary/aromatic N) is 2. The van der Waals surface area contributed by atoms with E-state index in [1.54, 1.807) is 34.1 Å². The molecule has 0 radical (unpaired) electrons. The van der Waals surface area contributed by atoms with Gasteiger partial charge in [0.15, 0.2) is 0 Å². The number of nitrogens with one attached hydrogen (secondary N) is 2. The van der Waals surface area contributed by atoms with Crippen LogP contribution in [0.3, 0.4) is 0 Å². The van der Waals surface area contributed by atoms with Crippen molar-refractivity contribution in [1.82, 2.24) is 9.80 Å². The molecule has 0 saturated carbocycles. The van der Waals surface area contributed by atoms with Gasteiger partial charge in [-0.05, 0) is 85.3 Å². The third-order valence-corrected chi connectivity index (χ3v) is 9.18. The number of carbonyl (C=O) groups is 4. The van der Waals surface area contributed by atoms with Gasteiger partial charge in [0.1, 0.15) is 24.2 Å². The van der Waals surface area contributed by atoms with Gasteiger partial charge in [-0.3, -0.25) is 19.2 Å². The lowest BCUT2D eigenvalue weighted by Gasteiger charge is -2.27. The second-order valence-corrected chi connectivity index (χ2v) is 12.5. The molecule has 4 amide bonds. The molecular weight excluding hydrogens is 628 g/mol. The molecule has 6 N–H and O–H groups in total. The Balaban J connectivity index is 1.01. The van der Waals surface area contributed by atoms with Crippen LogP contribution in [0.5, 0.6) is 0 Å². The highest BCUT2D eigenvalue weighted by molar-refractivity contribution is 5.99. The highest BCUT2D eigenvalue weighted by Crippen LogP contribution is 2.25. The fourth-order valence-corrected chi connectivity index (χ4v) is 6.44. The third kappa shape index (κ3) is 7.92. The molecule has 10 heteroatoms. The van der Waals surface area contributed by atoms with Crippen LogP contribution in [0.25, 0.3) is 0 Å². The van der Waals surface area contributed by atoms with Crippen LogP contribution in [0.1, 0.15) is 60.0 Å². The largest absolute Gasteiger partial charge is 0.329 e. The molecule has 2 fully saturated rings. The minimum Gasteiger partial charge on any atom is -0.329 e. The molecule has 50 heavy (non-hydrogen) atoms. The lowest BCUT2D eigenvalue weighted by molar-refractivity contribution is -0.138. The summed E-state index contributed by atoms with van der Waals surface area (Å²) in [7, 11) is 0. The van der Waals surface area contributed by atoms with Gasteiger partial charge in [0.05, 0.1) is 0 Å². The number of anilines is 2. The fraction of sp³-hybridized carbons (Fsp3) is 0.250. The van der Waals surface area contributed by atoms with Crippen LogP contribution in [0.4, 0.5) is 11.4 Å². The van der Waals surface area contributed by atoms with Gasteiger partial charge in [0, 0.05) is 35.6 Å². The third-order valence-electron chi connectivity index (χ3n) is 9.18. The predicted octanol–water partition coefficient (Wildman–Crippen LogP) is 4.35. The van der Waals surface area contributed by atoms with Gasteiger partial charge in [-0.2, -0.15) is 0 Å². The summed E-state index contributed by atoms with van der Waals surface area (Å²) in [5, 5.41) is 5.86. The topological polar surface area (TPSA) is 151 Å². The van der Waals surface area contributed by atoms with Crippen molar-refractivity contribution in [2.45, 2.75) is 49.9 Å². The van der Waals surface area contributed by atoms with E-state index in [0.29, 0.717) is 48.4 Å². The van der Waals surface area contributed by atoms with Gasteiger partial charge < -0.3 is 31.9 Å². The van der Waals surface area contributed by atoms with Gasteiger partial charge in [-0.15, -0.1) is 0 Å². The normalized spacial score (nSPS) is 18.0. The van der Waals surface area contributed by atoms with Crippen molar-refractivity contribution in [1.29, 1.82) is 0 Å². The Morgan fingerprint density at radius 1 is 0.560 bits per heavy atom. The Hall–Kier alpha value is -5.76. The first-order valence-corrected chi connectivity index (χ1v) is 16.8. The number of likely N-dealkylation sites (tertiary alicyclic amines) is 2. The van der Waals surface area contributed by atoms with E-state index in [2.05, 4.69) is 22.5 Å². The van der Waals surface area contributed by atoms with E-state index >= 15 is 0 Å². The van der Waals surface area contributed by atoms with E-state index in [0.717, 1.165) is 24.0 Å². The van der Waals surface area contributed by atoms with E-state index < -0.39 is 24.2 Å². The van der Waals surface area contributed by atoms with Crippen molar-refractivity contribution in [3.63, 3.8) is 0 Å². The quantitative estimate of drug-likeness (QED) is 0.205. The summed E-state index contributed by atoms with van der Waals surface area (Å²) in [5.74, 6) is 5.24. The van der Waals surface area contributed by atoms with Crippen molar-refractivity contribution in [2.24, 2.45) is 11.5 Å². The molecule has 4 aromatic carbocycles. The minimum absolute atomic E-state index is 0.245. The summed E-state index contributed by atoms with van der Waals surface area (Å²) < 4.78 is 0. The molecule has 2 saturated heterocycles. The molecule has 4 aromatic rings. The van der Waals surface area contributed by atoms with Crippen molar-refractivity contribution < 1.29 is 19.2 Å². The van der Waals surface area contributed by atoms with Crippen LogP contribution in [0.15, 0.2) is 109 Å². The molecular formula is C40H40N6O4. The Kier molecular flexibility index (Phi) is 10.7. The van der Waals surface area contributed by atoms with Gasteiger partial charge in [0.2, 0.25) is 23.6 Å². The molecule has 0 aliphatic carbocycles. The molecule has 2 heterocycles. The molecule has 10 nitrogen and oxygen atoms in total. The van der Waals surface area contributed by atoms with E-state index in [9.17, 15) is 19.2 Å². The van der Waals surface area contributed by atoms with Crippen LogP contribution in [-0.2, 0) is 19.2 Å². The lowest BCUT2D eigenvalue weighted by Crippen LogP contribution is -2.46. The lowest BCUT2D eigenvalue weighted by atomic mass is 10.1. The first-order chi connectivity index (χ1) is 24.3. The SMILES string of the molecule is N[C@H](C(=O)N1CCC[C@H]1C(=O)Nc1ccc(C#Cc2ccc(NC(=O)[C@@H]3CCCN3C(=O)[C@@H](N)c3ccccc3)cc2)cc1)c1ccccc1. The number of rotatable bonds is 8. The van der Waals surface area contributed by atoms with Crippen molar-refractivity contribution >= 4 is 35.0 Å². The highest BCUT2D eigenvalue weighted by atomic mass is 16.2. The number of carbonyl (C=O) groups excluding carboxylic acids is 4. The number of amides is 4. The van der Waals surface area contributed by atoms with Crippen molar-refractivity contribution in [3.05, 3.63) is 131 Å². The maximum atomic E-state index is 13.2. The Bertz CT molecular complexity index is 1750. The van der Waals surface area contributed by atoms with Crippen molar-refractivity contribution in [3.8, 4) is 11.8 Å². The van der Waals surface area contributed by atoms with Crippen LogP contribution in [0.2, 0.25) is 0 Å². The average molecular weight is 669 g/mol. The molecule has 0 bridgehead atoms. The maximum Gasteiger partial charge on any atom is 0.247 e. The Morgan fingerprint density at radius 2 is 0.920 bits per heavy atom. The Labute approximate surface area is 291 Å². The van der Waals surface area contributed by atoms with E-state index in [4.69, 9.17) is 11.5 Å². The number of hydrogen-bond donors (Lipinski definition) is 4. The second-order valence-electron chi connectivity index (χ2n) is 12.5. The number of hydrogen-bond acceptors (Lipinski definition) is 6. The summed E-state index contributed by atoms with van der Waals surface area (Å²) in [4.78, 5) is 55.7. The van der Waals surface area contributed by atoms with Gasteiger partial charge in [-0.25, -0.2) is 0 Å². The molecule has 2 aliphatic heterocycles. The molecule has 6 rings (SSSR count). The fourth-order valence-electron chi connectivity index (χ4n) is 6.44. The van der Waals surface area contributed by atoms with Gasteiger partial charge >= 0.3 is 0 Å². The zero-order valence-electron chi connectivity index (χ0n) is 27.6. The maximum absolute atomic E-state index is 13.2. The summed E-state index contributed by atoms with van der Waals surface area (Å²) in [5.41, 5.74) is 16.6. The summed E-state index contributed by atoms with van der Waals surface area (Å²) in [6.07, 6.45) is 2.62. The number of benzene rings is 4. The summed E-state index contributed by atoms with van der Waals surface area (Å²) in [6, 6.07) is 29.9. The first kappa shape index (κ1) is 34.1. The van der Waals surface area contributed by atoms with Crippen molar-refractivity contribution in [2.75, 3.05) is 23.7 Å². The molecule has 0 spiro atoms. The summed E-state index contributed by atoms with van der Waals surface area (Å²) >= 11 is 0. The molecule has 0 unspecified atom stereocenters. The van der Waals surface area contributed by atoms with E-state index in [1.807, 2.05) is 84.9 Å². The van der Waals surface area contributed by atoms with Gasteiger partial charge in [-0.1, -0.05) is 72.5 Å². The highest BCUT2D eigenvalue weighted by Gasteiger charge is 2.37. The summed E-state index contributed by atoms with van der Waals surface area (Å²) in [6.45, 7) is 0.980. The number of nitrogens with two attached hydrogens (primary N) is 2. The zero-order valence-corrected chi connectivity index (χ0v) is 27.6. The van der Waals surface area contributed by atoms with E-state index in [-0.39, 0.29) is 23.6 Å². The van der Waals surface area contributed by atoms with Crippen LogP contribution >= 0.6 is 0 Å². The minimum atomic E-state index is -0.817. The zero-order chi connectivity index (χ0) is 35.0. The Morgan fingerprint density at radius 3 is 1.28 bits per heavy atom. The molecule has 0 aromatic heterocycles. The van der Waals surface area contributed by atoms with Crippen LogP contribution in [0, 0.1) is 11.8 Å². The van der Waals surface area contributed by atoms with E-state index in [1.165, 1.54) is 0 Å². The predicted molar refractivity (Wildman–Crippen MR) is 192 cm³/mol. The van der Waals surface area contributed by atoms with Gasteiger partial charge in [0.25, 0.3) is 0 Å².